The molecule has 3 heterocycles. The van der Waals surface area contributed by atoms with Crippen LogP contribution in [0.4, 0.5) is 17.1 Å². The van der Waals surface area contributed by atoms with Crippen LogP contribution in [0.2, 0.25) is 0 Å². The highest BCUT2D eigenvalue weighted by atomic mass is 32.3. The van der Waals surface area contributed by atoms with E-state index in [2.05, 4.69) is 311 Å². The second kappa shape index (κ2) is 17.3. The average Bonchev–Trinajstić information content (AvgIpc) is 3.95. The first kappa shape index (κ1) is 41.7. The van der Waals surface area contributed by atoms with Crippen molar-refractivity contribution in [2.45, 2.75) is 39.2 Å². The van der Waals surface area contributed by atoms with Gasteiger partial charge in [-0.3, -0.25) is 0 Å². The zero-order valence-electron chi connectivity index (χ0n) is 38.3. The van der Waals surface area contributed by atoms with Crippen molar-refractivity contribution in [3.8, 4) is 5.69 Å². The van der Waals surface area contributed by atoms with Crippen molar-refractivity contribution in [3.05, 3.63) is 291 Å². The van der Waals surface area contributed by atoms with Crippen LogP contribution < -0.4 is 10.0 Å². The topological polar surface area (TPSA) is 14.7 Å². The number of hydrogen-bond donors (Lipinski definition) is 0. The molecule has 0 saturated heterocycles. The van der Waals surface area contributed by atoms with E-state index < -0.39 is 20.1 Å². The van der Waals surface area contributed by atoms with Crippen LogP contribution >= 0.6 is 20.1 Å². The van der Waals surface area contributed by atoms with Crippen molar-refractivity contribution >= 4 is 58.9 Å². The zero-order chi connectivity index (χ0) is 46.5. The van der Waals surface area contributed by atoms with E-state index in [1.807, 2.05) is 0 Å². The summed E-state index contributed by atoms with van der Waals surface area (Å²) in [5.74, 6) is 0. The highest BCUT2D eigenvalue weighted by Gasteiger charge is 2.37. The van der Waals surface area contributed by atoms with Crippen LogP contribution in [-0.2, 0) is 0 Å². The van der Waals surface area contributed by atoms with Gasteiger partial charge in [-0.2, -0.15) is 5.12 Å². The molecule has 6 heteroatoms. The third-order valence-electron chi connectivity index (χ3n) is 13.7. The van der Waals surface area contributed by atoms with Crippen LogP contribution in [0.3, 0.4) is 0 Å². The number of anilines is 3. The first-order chi connectivity index (χ1) is 34.7. The fourth-order valence-electron chi connectivity index (χ4n) is 10.7. The quantitative estimate of drug-likeness (QED) is 0.136. The summed E-state index contributed by atoms with van der Waals surface area (Å²) in [7, 11) is -3.96. The standard InChI is InChI=1S/C64H48N4S2/c1-7-25-51(26-8-1)69(52-27-9-2-10-28-52,53-29-11-3-12-30-53)57-37-23-24-49(46-57)67-61-43-40-50(68-63-39-20-19-38-62(63)65-44-21-22-45-66(65)68)47-60(61)59-42-41-58(48-64(59)67)70(54-31-13-4-14-32-54,55-33-15-5-16-34-55)56-35-17-6-18-36-56/h1-48H. The SMILES string of the molecule is C1=CN2c3ccccc3N(c3ccc4c(c3)c3ccc(S(c5ccccc5)(c5ccccc5)c5ccccc5)cc3n4-c3cccc(S(c4ccccc4)(c4ccccc4)c4ccccc4)c3)N2C=C1. The maximum absolute atomic E-state index is 2.53. The lowest BCUT2D eigenvalue weighted by molar-refractivity contribution is 0.408. The highest BCUT2D eigenvalue weighted by molar-refractivity contribution is 8.34. The van der Waals surface area contributed by atoms with Crippen LogP contribution in [0.5, 0.6) is 0 Å². The first-order valence-corrected chi connectivity index (χ1v) is 27.0. The van der Waals surface area contributed by atoms with Gasteiger partial charge >= 0.3 is 0 Å². The van der Waals surface area contributed by atoms with Gasteiger partial charge in [0, 0.05) is 68.0 Å². The van der Waals surface area contributed by atoms with E-state index >= 15 is 0 Å². The molecule has 0 bridgehead atoms. The summed E-state index contributed by atoms with van der Waals surface area (Å²) in [5, 5.41) is 9.10. The molecule has 10 aromatic carbocycles. The van der Waals surface area contributed by atoms with Crippen molar-refractivity contribution in [2.75, 3.05) is 10.0 Å². The molecule has 0 N–H and O–H groups in total. The van der Waals surface area contributed by atoms with Crippen LogP contribution in [-0.4, -0.2) is 9.69 Å². The summed E-state index contributed by atoms with van der Waals surface area (Å²) in [6, 6.07) is 99.3. The molecule has 70 heavy (non-hydrogen) atoms. The minimum absolute atomic E-state index is 1.08. The Morgan fingerprint density at radius 2 is 0.714 bits per heavy atom. The number of hydrazine groups is 2. The zero-order valence-corrected chi connectivity index (χ0v) is 40.0. The van der Waals surface area contributed by atoms with Crippen LogP contribution in [0.15, 0.2) is 331 Å². The van der Waals surface area contributed by atoms with Gasteiger partial charge in [0.1, 0.15) is 0 Å². The van der Waals surface area contributed by atoms with Crippen molar-refractivity contribution in [1.29, 1.82) is 0 Å². The lowest BCUT2D eigenvalue weighted by Crippen LogP contribution is -2.40. The maximum Gasteiger partial charge on any atom is 0.0909 e. The van der Waals surface area contributed by atoms with Gasteiger partial charge in [-0.25, -0.2) is 10.0 Å². The minimum Gasteiger partial charge on any atom is -0.309 e. The van der Waals surface area contributed by atoms with Crippen molar-refractivity contribution in [3.63, 3.8) is 0 Å². The van der Waals surface area contributed by atoms with Gasteiger partial charge in [-0.15, -0.1) is 20.1 Å². The summed E-state index contributed by atoms with van der Waals surface area (Å²) in [5.41, 5.74) is 6.76. The Bertz CT molecular complexity index is 3530. The number of benzene rings is 10. The minimum atomic E-state index is -1.99. The van der Waals surface area contributed by atoms with Gasteiger partial charge in [0.2, 0.25) is 0 Å². The normalized spacial score (nSPS) is 13.7. The number of fused-ring (bicyclic) bond motifs is 6. The van der Waals surface area contributed by atoms with E-state index in [0.29, 0.717) is 0 Å². The van der Waals surface area contributed by atoms with Gasteiger partial charge in [0.05, 0.1) is 28.1 Å². The van der Waals surface area contributed by atoms with Gasteiger partial charge in [0.15, 0.2) is 0 Å². The van der Waals surface area contributed by atoms with Crippen molar-refractivity contribution < 1.29 is 0 Å². The van der Waals surface area contributed by atoms with E-state index in [4.69, 9.17) is 0 Å². The fraction of sp³-hybridized carbons (Fsp3) is 0. The second-order valence-electron chi connectivity index (χ2n) is 17.5. The lowest BCUT2D eigenvalue weighted by Gasteiger charge is -2.42. The monoisotopic (exact) mass is 936 g/mol. The van der Waals surface area contributed by atoms with Crippen LogP contribution in [0, 0.1) is 0 Å². The predicted molar refractivity (Wildman–Crippen MR) is 292 cm³/mol. The molecule has 0 unspecified atom stereocenters. The number of hydrogen-bond acceptors (Lipinski definition) is 3. The molecule has 4 nitrogen and oxygen atoms in total. The number of allylic oxidation sites excluding steroid dienone is 2. The number of nitrogens with zero attached hydrogens (tertiary/aromatic N) is 4. The molecule has 0 fully saturated rings. The van der Waals surface area contributed by atoms with Gasteiger partial charge in [-0.1, -0.05) is 133 Å². The smallest absolute Gasteiger partial charge is 0.0909 e. The maximum atomic E-state index is 2.53. The molecule has 1 aromatic heterocycles. The third kappa shape index (κ3) is 6.48. The second-order valence-corrected chi connectivity index (χ2v) is 23.7. The summed E-state index contributed by atoms with van der Waals surface area (Å²) >= 11 is 0. The molecule has 0 atom stereocenters. The Hall–Kier alpha value is -8.42. The number of rotatable bonds is 10. The molecule has 2 aliphatic rings. The molecule has 0 aliphatic carbocycles. The van der Waals surface area contributed by atoms with Crippen molar-refractivity contribution in [2.24, 2.45) is 0 Å². The number of aromatic nitrogens is 1. The fourth-order valence-corrected chi connectivity index (χ4v) is 18.5. The largest absolute Gasteiger partial charge is 0.309 e. The summed E-state index contributed by atoms with van der Waals surface area (Å²) < 4.78 is 2.53. The van der Waals surface area contributed by atoms with E-state index in [9.17, 15) is 0 Å². The molecule has 2 aliphatic heterocycles. The highest BCUT2D eigenvalue weighted by Crippen LogP contribution is 2.75. The Morgan fingerprint density at radius 3 is 1.23 bits per heavy atom. The van der Waals surface area contributed by atoms with E-state index in [1.54, 1.807) is 0 Å². The molecule has 0 spiro atoms. The molecular weight excluding hydrogens is 889 g/mol. The van der Waals surface area contributed by atoms with Crippen molar-refractivity contribution in [1.82, 2.24) is 9.69 Å². The summed E-state index contributed by atoms with van der Waals surface area (Å²) in [4.78, 5) is 10.3. The molecule has 0 saturated carbocycles. The molecular formula is C64H48N4S2. The average molecular weight is 937 g/mol. The Morgan fingerprint density at radius 1 is 0.271 bits per heavy atom. The first-order valence-electron chi connectivity index (χ1n) is 23.7. The van der Waals surface area contributed by atoms with E-state index in [-0.39, 0.29) is 0 Å². The summed E-state index contributed by atoms with van der Waals surface area (Å²) in [6.45, 7) is 0. The molecule has 13 rings (SSSR count). The number of para-hydroxylation sites is 2. The van der Waals surface area contributed by atoms with E-state index in [1.165, 1.54) is 49.9 Å². The Balaban J connectivity index is 1.11. The molecule has 336 valence electrons. The van der Waals surface area contributed by atoms with Gasteiger partial charge < -0.3 is 4.57 Å². The van der Waals surface area contributed by atoms with Gasteiger partial charge in [0.25, 0.3) is 0 Å². The predicted octanol–water partition coefficient (Wildman–Crippen LogP) is 17.6. The van der Waals surface area contributed by atoms with Gasteiger partial charge in [-0.05, 0) is 146 Å². The van der Waals surface area contributed by atoms with Crippen LogP contribution in [0.25, 0.3) is 27.5 Å². The molecule has 0 amide bonds. The lowest BCUT2D eigenvalue weighted by atomic mass is 10.1. The molecule has 0 radical (unpaired) electrons. The van der Waals surface area contributed by atoms with E-state index in [0.717, 1.165) is 33.8 Å². The Labute approximate surface area is 412 Å². The third-order valence-corrected chi connectivity index (χ3v) is 21.5. The Kier molecular flexibility index (Phi) is 10.3. The molecule has 11 aromatic rings. The van der Waals surface area contributed by atoms with Crippen LogP contribution in [0.1, 0.15) is 0 Å². The summed E-state index contributed by atoms with van der Waals surface area (Å²) in [6.07, 6.45) is 8.44.